The number of phosphoric acid groups is 2. The fraction of sp³-hybridized carbons (Fsp3) is 0.947. The zero-order valence-electron chi connectivity index (χ0n) is 61.4. The Hall–Kier alpha value is -1.94. The molecule has 19 heteroatoms. The van der Waals surface area contributed by atoms with Crippen molar-refractivity contribution in [2.45, 2.75) is 401 Å². The first-order valence-electron chi connectivity index (χ1n) is 38.9. The van der Waals surface area contributed by atoms with E-state index in [2.05, 4.69) is 48.5 Å². The molecule has 0 aromatic rings. The van der Waals surface area contributed by atoms with Crippen LogP contribution in [0.3, 0.4) is 0 Å². The van der Waals surface area contributed by atoms with Crippen LogP contribution in [0.5, 0.6) is 0 Å². The lowest BCUT2D eigenvalue weighted by Crippen LogP contribution is -2.30. The number of carbonyl (C=O) groups excluding carboxylic acids is 4. The van der Waals surface area contributed by atoms with Crippen LogP contribution in [-0.4, -0.2) is 96.7 Å². The number of phosphoric ester groups is 2. The predicted octanol–water partition coefficient (Wildman–Crippen LogP) is 21.8. The third-order valence-electron chi connectivity index (χ3n) is 17.7. The first kappa shape index (κ1) is 92.1. The van der Waals surface area contributed by atoms with Crippen molar-refractivity contribution in [3.63, 3.8) is 0 Å². The molecule has 0 aromatic heterocycles. The molecule has 3 N–H and O–H groups in total. The molecule has 0 aromatic carbocycles. The van der Waals surface area contributed by atoms with Crippen molar-refractivity contribution >= 4 is 39.5 Å². The van der Waals surface area contributed by atoms with Gasteiger partial charge in [-0.05, 0) is 43.4 Å². The van der Waals surface area contributed by atoms with Crippen LogP contribution < -0.4 is 0 Å². The van der Waals surface area contributed by atoms with Crippen LogP contribution >= 0.6 is 15.6 Å². The number of hydrogen-bond acceptors (Lipinski definition) is 15. The van der Waals surface area contributed by atoms with Gasteiger partial charge in [0.1, 0.15) is 19.3 Å². The number of unbranched alkanes of at least 4 members (excludes halogenated alkanes) is 40. The van der Waals surface area contributed by atoms with Crippen molar-refractivity contribution in [2.75, 3.05) is 39.6 Å². The van der Waals surface area contributed by atoms with E-state index in [4.69, 9.17) is 37.0 Å². The van der Waals surface area contributed by atoms with Gasteiger partial charge in [-0.2, -0.15) is 0 Å². The predicted molar refractivity (Wildman–Crippen MR) is 381 cm³/mol. The number of aliphatic hydroxyl groups excluding tert-OH is 1. The molecule has 0 spiro atoms. The van der Waals surface area contributed by atoms with Crippen molar-refractivity contribution in [3.8, 4) is 0 Å². The topological polar surface area (TPSA) is 237 Å². The van der Waals surface area contributed by atoms with Gasteiger partial charge < -0.3 is 33.8 Å². The number of hydrogen-bond donors (Lipinski definition) is 3. The van der Waals surface area contributed by atoms with E-state index in [9.17, 15) is 43.2 Å². The van der Waals surface area contributed by atoms with Crippen LogP contribution in [-0.2, 0) is 65.4 Å². The van der Waals surface area contributed by atoms with E-state index >= 15 is 0 Å². The SMILES string of the molecule is CCCCCCCCCCCCCCC(=O)OC[C@H](COP(=O)(O)OC[C@H](O)COP(=O)(O)OC[C@@H](COC(=O)CCCCCCCCCCCCCC(C)C)OC(=O)CCCCCCCCCCCCCC(C)C)OC(=O)CCCCCCCCCCCCC(C)CC. The van der Waals surface area contributed by atoms with Crippen LogP contribution in [0.4, 0.5) is 0 Å². The molecule has 94 heavy (non-hydrogen) atoms. The van der Waals surface area contributed by atoms with E-state index < -0.39 is 97.5 Å². The van der Waals surface area contributed by atoms with E-state index in [1.54, 1.807) is 0 Å². The summed E-state index contributed by atoms with van der Waals surface area (Å²) >= 11 is 0. The molecule has 0 aliphatic heterocycles. The number of rotatable bonds is 73. The van der Waals surface area contributed by atoms with Gasteiger partial charge in [-0.3, -0.25) is 37.3 Å². The summed E-state index contributed by atoms with van der Waals surface area (Å²) in [7, 11) is -9.91. The Morgan fingerprint density at radius 1 is 0.309 bits per heavy atom. The maximum Gasteiger partial charge on any atom is 0.472 e. The maximum atomic E-state index is 13.1. The molecule has 0 aliphatic carbocycles. The van der Waals surface area contributed by atoms with Crippen LogP contribution in [0, 0.1) is 17.8 Å². The van der Waals surface area contributed by atoms with Gasteiger partial charge in [0.05, 0.1) is 26.4 Å². The van der Waals surface area contributed by atoms with Gasteiger partial charge in [0.2, 0.25) is 0 Å². The molecule has 0 heterocycles. The van der Waals surface area contributed by atoms with Crippen molar-refractivity contribution in [1.82, 2.24) is 0 Å². The Balaban J connectivity index is 5.28. The van der Waals surface area contributed by atoms with Crippen LogP contribution in [0.1, 0.15) is 382 Å². The average molecular weight is 1380 g/mol. The monoisotopic (exact) mass is 1380 g/mol. The van der Waals surface area contributed by atoms with Gasteiger partial charge in [-0.25, -0.2) is 9.13 Å². The van der Waals surface area contributed by atoms with Crippen molar-refractivity contribution in [3.05, 3.63) is 0 Å². The fourth-order valence-corrected chi connectivity index (χ4v) is 13.0. The zero-order chi connectivity index (χ0) is 69.4. The highest BCUT2D eigenvalue weighted by atomic mass is 31.2. The summed E-state index contributed by atoms with van der Waals surface area (Å²) in [6.07, 6.45) is 51.1. The zero-order valence-corrected chi connectivity index (χ0v) is 63.2. The molecular weight excluding hydrogens is 1230 g/mol. The molecule has 558 valence electrons. The Morgan fingerprint density at radius 3 is 0.809 bits per heavy atom. The molecule has 6 atom stereocenters. The van der Waals surface area contributed by atoms with Gasteiger partial charge in [-0.15, -0.1) is 0 Å². The van der Waals surface area contributed by atoms with E-state index in [0.717, 1.165) is 108 Å². The molecule has 0 bridgehead atoms. The lowest BCUT2D eigenvalue weighted by molar-refractivity contribution is -0.161. The van der Waals surface area contributed by atoms with Crippen molar-refractivity contribution in [2.24, 2.45) is 17.8 Å². The summed E-state index contributed by atoms with van der Waals surface area (Å²) in [6, 6.07) is 0. The molecule has 0 fully saturated rings. The average Bonchev–Trinajstić information content (AvgIpc) is 1.70. The van der Waals surface area contributed by atoms with Crippen LogP contribution in [0.2, 0.25) is 0 Å². The summed E-state index contributed by atoms with van der Waals surface area (Å²) in [6.45, 7) is 11.9. The molecule has 0 amide bonds. The van der Waals surface area contributed by atoms with Gasteiger partial charge in [0, 0.05) is 25.7 Å². The molecular formula is C75H146O17P2. The van der Waals surface area contributed by atoms with Gasteiger partial charge in [0.25, 0.3) is 0 Å². The Bertz CT molecular complexity index is 1840. The Morgan fingerprint density at radius 2 is 0.543 bits per heavy atom. The van der Waals surface area contributed by atoms with E-state index in [1.807, 2.05) is 0 Å². The second-order valence-electron chi connectivity index (χ2n) is 28.2. The van der Waals surface area contributed by atoms with E-state index in [0.29, 0.717) is 25.7 Å². The number of ether oxygens (including phenoxy) is 4. The van der Waals surface area contributed by atoms with Gasteiger partial charge in [0.15, 0.2) is 12.2 Å². The maximum absolute atomic E-state index is 13.1. The second kappa shape index (κ2) is 65.7. The molecule has 17 nitrogen and oxygen atoms in total. The van der Waals surface area contributed by atoms with Crippen LogP contribution in [0.15, 0.2) is 0 Å². The molecule has 0 saturated heterocycles. The summed E-state index contributed by atoms with van der Waals surface area (Å²) in [4.78, 5) is 72.8. The molecule has 0 saturated carbocycles. The molecule has 0 aliphatic rings. The minimum absolute atomic E-state index is 0.106. The normalized spacial score (nSPS) is 14.4. The summed E-state index contributed by atoms with van der Waals surface area (Å²) in [5.74, 6) is 0.222. The smallest absolute Gasteiger partial charge is 0.462 e. The Kier molecular flexibility index (Phi) is 64.3. The van der Waals surface area contributed by atoms with E-state index in [-0.39, 0.29) is 25.7 Å². The third kappa shape index (κ3) is 67.3. The van der Waals surface area contributed by atoms with Crippen LogP contribution in [0.25, 0.3) is 0 Å². The highest BCUT2D eigenvalue weighted by Gasteiger charge is 2.30. The largest absolute Gasteiger partial charge is 0.472 e. The molecule has 0 radical (unpaired) electrons. The number of carbonyl (C=O) groups is 4. The number of aliphatic hydroxyl groups is 1. The first-order valence-corrected chi connectivity index (χ1v) is 41.9. The minimum atomic E-state index is -4.96. The fourth-order valence-electron chi connectivity index (χ4n) is 11.4. The molecule has 3 unspecified atom stereocenters. The summed E-state index contributed by atoms with van der Waals surface area (Å²) < 4.78 is 68.5. The molecule has 0 rings (SSSR count). The van der Waals surface area contributed by atoms with Crippen molar-refractivity contribution < 1.29 is 80.2 Å². The summed E-state index contributed by atoms with van der Waals surface area (Å²) in [5, 5.41) is 10.6. The quantitative estimate of drug-likeness (QED) is 0.0222. The lowest BCUT2D eigenvalue weighted by atomic mass is 9.99. The second-order valence-corrected chi connectivity index (χ2v) is 31.1. The first-order chi connectivity index (χ1) is 45.3. The lowest BCUT2D eigenvalue weighted by Gasteiger charge is -2.21. The Labute approximate surface area is 575 Å². The highest BCUT2D eigenvalue weighted by molar-refractivity contribution is 7.47. The highest BCUT2D eigenvalue weighted by Crippen LogP contribution is 2.45. The minimum Gasteiger partial charge on any atom is -0.462 e. The van der Waals surface area contributed by atoms with Gasteiger partial charge in [-0.1, -0.05) is 331 Å². The van der Waals surface area contributed by atoms with Crippen molar-refractivity contribution in [1.29, 1.82) is 0 Å². The summed E-state index contributed by atoms with van der Waals surface area (Å²) in [5.41, 5.74) is 0. The number of esters is 4. The standard InChI is InChI=1S/C75H146O17P2/c1-8-10-11-12-13-14-15-20-28-35-42-49-56-72(77)85-63-71(92-75(80)59-52-45-38-31-24-23-27-34-41-48-55-68(7)9-2)65-90-94(83,84)88-61-69(76)60-87-93(81,82)89-64-70(91-74(79)58-51-44-37-30-22-17-19-26-33-40-47-54-67(5)6)62-86-73(78)57-50-43-36-29-21-16-18-25-32-39-46-53-66(3)4/h66-71,76H,8-65H2,1-7H3,(H,81,82)(H,83,84)/t68?,69-,70-,71-/m1/s1. The van der Waals surface area contributed by atoms with E-state index in [1.165, 1.54) is 193 Å². The third-order valence-corrected chi connectivity index (χ3v) is 19.6. The van der Waals surface area contributed by atoms with Gasteiger partial charge >= 0.3 is 39.5 Å².